The van der Waals surface area contributed by atoms with Gasteiger partial charge < -0.3 is 15.8 Å². The number of hydrogen-bond acceptors (Lipinski definition) is 8. The topological polar surface area (TPSA) is 145 Å². The molecule has 0 aromatic carbocycles. The zero-order valence-electron chi connectivity index (χ0n) is 19.6. The summed E-state index contributed by atoms with van der Waals surface area (Å²) in [7, 11) is 1.50. The second-order valence-electron chi connectivity index (χ2n) is 7.62. The average molecular weight is 456 g/mol. The lowest BCUT2D eigenvalue weighted by molar-refractivity contribution is -0.191. The molecule has 178 valence electrons. The van der Waals surface area contributed by atoms with Gasteiger partial charge >= 0.3 is 6.15 Å². The second kappa shape index (κ2) is 15.5. The average Bonchev–Trinajstić information content (AvgIpc) is 2.77. The van der Waals surface area contributed by atoms with Crippen molar-refractivity contribution in [1.29, 1.82) is 0 Å². The summed E-state index contributed by atoms with van der Waals surface area (Å²) in [4.78, 5) is 43.7. The predicted octanol–water partition coefficient (Wildman–Crippen LogP) is 3.20. The maximum Gasteiger partial charge on any atom is 0.373 e. The van der Waals surface area contributed by atoms with E-state index in [9.17, 15) is 9.59 Å². The Morgan fingerprint density at radius 2 is 1.64 bits per heavy atom. The summed E-state index contributed by atoms with van der Waals surface area (Å²) in [6, 6.07) is 3.74. The Labute approximate surface area is 194 Å². The van der Waals surface area contributed by atoms with E-state index in [1.54, 1.807) is 6.20 Å². The molecule has 3 N–H and O–H groups in total. The summed E-state index contributed by atoms with van der Waals surface area (Å²) in [5.41, 5.74) is 10.4. The third-order valence-corrected chi connectivity index (χ3v) is 5.21. The van der Waals surface area contributed by atoms with Crippen molar-refractivity contribution in [1.82, 2.24) is 15.2 Å². The van der Waals surface area contributed by atoms with Gasteiger partial charge in [0, 0.05) is 12.8 Å². The number of rotatable bonds is 6. The quantitative estimate of drug-likeness (QED) is 0.675. The van der Waals surface area contributed by atoms with Gasteiger partial charge in [0.1, 0.15) is 11.5 Å². The van der Waals surface area contributed by atoms with Gasteiger partial charge in [0.15, 0.2) is 0 Å². The van der Waals surface area contributed by atoms with Crippen LogP contribution in [0.1, 0.15) is 68.7 Å². The fourth-order valence-electron chi connectivity index (χ4n) is 3.70. The molecule has 2 aromatic rings. The first kappa shape index (κ1) is 27.7. The molecule has 0 radical (unpaired) electrons. The molecule has 1 aliphatic carbocycles. The molecule has 2 heterocycles. The molecule has 0 saturated carbocycles. The number of aromatic nitrogens is 3. The van der Waals surface area contributed by atoms with E-state index in [0.29, 0.717) is 24.9 Å². The zero-order valence-corrected chi connectivity index (χ0v) is 19.6. The number of carbonyl (C=O) groups excluding carboxylic acids is 4. The first-order chi connectivity index (χ1) is 16.0. The van der Waals surface area contributed by atoms with E-state index in [1.807, 2.05) is 19.1 Å². The van der Waals surface area contributed by atoms with Crippen molar-refractivity contribution in [2.45, 2.75) is 71.6 Å². The van der Waals surface area contributed by atoms with Gasteiger partial charge in [0.25, 0.3) is 0 Å². The summed E-state index contributed by atoms with van der Waals surface area (Å²) in [6.45, 7) is 3.58. The van der Waals surface area contributed by atoms with Crippen LogP contribution < -0.4 is 11.1 Å². The van der Waals surface area contributed by atoms with Crippen LogP contribution in [0.4, 0.5) is 5.69 Å². The van der Waals surface area contributed by atoms with E-state index < -0.39 is 0 Å². The molecule has 0 bridgehead atoms. The fourth-order valence-corrected chi connectivity index (χ4v) is 3.70. The summed E-state index contributed by atoms with van der Waals surface area (Å²) in [6.07, 6.45) is 10.2. The molecule has 0 atom stereocenters. The SMILES string of the molecule is CC(=O)CCCC(=O)Nc1ccc(-c2nnc(C)c3c2CCCCCC3)nc1.CN.O=C=O. The number of aryl methyl sites for hydroxylation is 1. The molecule has 0 unspecified atom stereocenters. The minimum atomic E-state index is -0.101. The van der Waals surface area contributed by atoms with E-state index in [1.165, 1.54) is 50.8 Å². The Bertz CT molecular complexity index is 939. The second-order valence-corrected chi connectivity index (χ2v) is 7.62. The van der Waals surface area contributed by atoms with Gasteiger partial charge in [-0.3, -0.25) is 9.78 Å². The van der Waals surface area contributed by atoms with E-state index in [4.69, 9.17) is 9.59 Å². The number of amides is 1. The lowest BCUT2D eigenvalue weighted by atomic mass is 9.91. The number of ketones is 1. The Hall–Kier alpha value is -3.29. The maximum atomic E-state index is 12.0. The molecule has 0 aliphatic heterocycles. The Balaban J connectivity index is 0.00000101. The lowest BCUT2D eigenvalue weighted by Gasteiger charge is -2.18. The third-order valence-electron chi connectivity index (χ3n) is 5.21. The van der Waals surface area contributed by atoms with Gasteiger partial charge in [0.05, 0.1) is 23.3 Å². The molecule has 0 fully saturated rings. The summed E-state index contributed by atoms with van der Waals surface area (Å²) < 4.78 is 0. The number of pyridine rings is 1. The molecule has 2 aromatic heterocycles. The van der Waals surface area contributed by atoms with E-state index in [-0.39, 0.29) is 17.8 Å². The van der Waals surface area contributed by atoms with Crippen molar-refractivity contribution < 1.29 is 19.2 Å². The highest BCUT2D eigenvalue weighted by Crippen LogP contribution is 2.29. The first-order valence-electron chi connectivity index (χ1n) is 11.1. The van der Waals surface area contributed by atoms with Crippen molar-refractivity contribution in [3.8, 4) is 11.4 Å². The number of nitrogens with two attached hydrogens (primary N) is 1. The Morgan fingerprint density at radius 1 is 1.00 bits per heavy atom. The number of fused-ring (bicyclic) bond motifs is 1. The summed E-state index contributed by atoms with van der Waals surface area (Å²) in [5, 5.41) is 11.7. The fraction of sp³-hybridized carbons (Fsp3) is 0.500. The van der Waals surface area contributed by atoms with Crippen molar-refractivity contribution in [2.24, 2.45) is 5.73 Å². The smallest absolute Gasteiger partial charge is 0.333 e. The Morgan fingerprint density at radius 3 is 2.21 bits per heavy atom. The van der Waals surface area contributed by atoms with Crippen LogP contribution in [0.25, 0.3) is 11.4 Å². The van der Waals surface area contributed by atoms with Crippen LogP contribution in [0.15, 0.2) is 18.3 Å². The van der Waals surface area contributed by atoms with Gasteiger partial charge in [0.2, 0.25) is 5.91 Å². The van der Waals surface area contributed by atoms with Gasteiger partial charge in [-0.2, -0.15) is 14.7 Å². The monoisotopic (exact) mass is 455 g/mol. The number of anilines is 1. The van der Waals surface area contributed by atoms with E-state index >= 15 is 0 Å². The van der Waals surface area contributed by atoms with E-state index in [0.717, 1.165) is 29.9 Å². The van der Waals surface area contributed by atoms with Crippen LogP contribution in [-0.4, -0.2) is 40.1 Å². The molecule has 9 heteroatoms. The standard InChI is InChI=1S/C22H28N4O2.CH5N.CO2/c1-15(27)8-7-11-21(28)24-17-12-13-20(23-14-17)22-19-10-6-4-3-5-9-18(19)16(2)25-26-22;1-2;2-1-3/h12-14H,3-11H2,1-2H3,(H,24,28);2H2,1H3;. The molecule has 0 saturated heterocycles. The van der Waals surface area contributed by atoms with Crippen LogP contribution in [-0.2, 0) is 32.0 Å². The number of carbonyl (C=O) groups is 2. The minimum Gasteiger partial charge on any atom is -0.333 e. The van der Waals surface area contributed by atoms with Crippen molar-refractivity contribution in [3.05, 3.63) is 35.2 Å². The number of nitrogens with zero attached hydrogens (tertiary/aromatic N) is 3. The van der Waals surface area contributed by atoms with Crippen molar-refractivity contribution >= 4 is 23.5 Å². The number of nitrogens with one attached hydrogen (secondary N) is 1. The largest absolute Gasteiger partial charge is 0.373 e. The van der Waals surface area contributed by atoms with Crippen molar-refractivity contribution in [2.75, 3.05) is 12.4 Å². The predicted molar refractivity (Wildman–Crippen MR) is 124 cm³/mol. The van der Waals surface area contributed by atoms with Gasteiger partial charge in [-0.05, 0) is 76.3 Å². The third kappa shape index (κ3) is 9.39. The molecule has 0 spiro atoms. The summed E-state index contributed by atoms with van der Waals surface area (Å²) >= 11 is 0. The highest BCUT2D eigenvalue weighted by atomic mass is 16.2. The maximum absolute atomic E-state index is 12.0. The zero-order chi connectivity index (χ0) is 24.6. The lowest BCUT2D eigenvalue weighted by Crippen LogP contribution is -2.12. The Kier molecular flexibility index (Phi) is 13.0. The summed E-state index contributed by atoms with van der Waals surface area (Å²) in [5.74, 6) is 0.00362. The minimum absolute atomic E-state index is 0.101. The van der Waals surface area contributed by atoms with Crippen LogP contribution in [0.5, 0.6) is 0 Å². The molecule has 9 nitrogen and oxygen atoms in total. The van der Waals surface area contributed by atoms with E-state index in [2.05, 4.69) is 26.2 Å². The van der Waals surface area contributed by atoms with Crippen molar-refractivity contribution in [3.63, 3.8) is 0 Å². The highest BCUT2D eigenvalue weighted by Gasteiger charge is 2.18. The molecule has 1 aliphatic rings. The van der Waals surface area contributed by atoms with Gasteiger partial charge in [-0.15, -0.1) is 5.10 Å². The number of Topliss-reactive ketones (excluding diaryl/α,β-unsaturated/α-hetero) is 1. The molecule has 3 rings (SSSR count). The van der Waals surface area contributed by atoms with Crippen LogP contribution in [0.3, 0.4) is 0 Å². The molecular weight excluding hydrogens is 422 g/mol. The first-order valence-corrected chi connectivity index (χ1v) is 11.1. The highest BCUT2D eigenvalue weighted by molar-refractivity contribution is 5.91. The number of hydrogen-bond donors (Lipinski definition) is 2. The van der Waals surface area contributed by atoms with Crippen LogP contribution in [0.2, 0.25) is 0 Å². The molecular formula is C24H33N5O4. The normalized spacial score (nSPS) is 12.2. The van der Waals surface area contributed by atoms with Crippen LogP contribution in [0, 0.1) is 6.92 Å². The van der Waals surface area contributed by atoms with Gasteiger partial charge in [-0.1, -0.05) is 12.8 Å². The molecule has 1 amide bonds. The van der Waals surface area contributed by atoms with Crippen LogP contribution >= 0.6 is 0 Å². The molecule has 33 heavy (non-hydrogen) atoms. The van der Waals surface area contributed by atoms with Gasteiger partial charge in [-0.25, -0.2) is 0 Å².